The van der Waals surface area contributed by atoms with E-state index in [4.69, 9.17) is 5.11 Å². The van der Waals surface area contributed by atoms with Crippen molar-refractivity contribution >= 4 is 16.0 Å². The van der Waals surface area contributed by atoms with Gasteiger partial charge in [-0.1, -0.05) is 20.3 Å². The van der Waals surface area contributed by atoms with Crippen molar-refractivity contribution in [2.24, 2.45) is 5.92 Å². The van der Waals surface area contributed by atoms with Crippen LogP contribution >= 0.6 is 0 Å². The van der Waals surface area contributed by atoms with Crippen LogP contribution in [0.15, 0.2) is 0 Å². The molecule has 1 atom stereocenters. The Morgan fingerprint density at radius 3 is 2.44 bits per heavy atom. The van der Waals surface area contributed by atoms with Crippen LogP contribution in [0.25, 0.3) is 0 Å². The average molecular weight is 251 g/mol. The molecule has 0 aliphatic heterocycles. The van der Waals surface area contributed by atoms with Crippen molar-refractivity contribution in [2.45, 2.75) is 33.1 Å². The first-order valence-electron chi connectivity index (χ1n) is 5.45. The monoisotopic (exact) mass is 251 g/mol. The fourth-order valence-electron chi connectivity index (χ4n) is 1.24. The second-order valence-electron chi connectivity index (χ2n) is 4.11. The highest BCUT2D eigenvalue weighted by atomic mass is 32.2. The van der Waals surface area contributed by atoms with Gasteiger partial charge >= 0.3 is 5.97 Å². The Morgan fingerprint density at radius 2 is 2.00 bits per heavy atom. The molecule has 96 valence electrons. The average Bonchev–Trinajstić information content (AvgIpc) is 2.16. The number of carboxylic acids is 1. The summed E-state index contributed by atoms with van der Waals surface area (Å²) < 4.78 is 24.7. The molecule has 0 aromatic rings. The summed E-state index contributed by atoms with van der Waals surface area (Å²) in [6.45, 7) is 4.49. The molecule has 0 bridgehead atoms. The SMILES string of the molecule is CCC(C)CN(C)S(=O)(=O)CCCC(=O)O. The third kappa shape index (κ3) is 6.07. The molecule has 0 aliphatic rings. The van der Waals surface area contributed by atoms with E-state index in [1.165, 1.54) is 4.31 Å². The lowest BCUT2D eigenvalue weighted by Crippen LogP contribution is -2.33. The molecule has 1 unspecified atom stereocenters. The predicted octanol–water partition coefficient (Wildman–Crippen LogP) is 1.16. The van der Waals surface area contributed by atoms with Crippen LogP contribution in [0.5, 0.6) is 0 Å². The number of hydrogen-bond acceptors (Lipinski definition) is 3. The molecular formula is C10H21NO4S. The Bertz CT molecular complexity index is 313. The van der Waals surface area contributed by atoms with Gasteiger partial charge in [0.25, 0.3) is 0 Å². The van der Waals surface area contributed by atoms with E-state index in [0.29, 0.717) is 12.5 Å². The Kier molecular flexibility index (Phi) is 6.59. The number of aliphatic carboxylic acids is 1. The lowest BCUT2D eigenvalue weighted by Gasteiger charge is -2.20. The minimum atomic E-state index is -3.29. The van der Waals surface area contributed by atoms with Crippen molar-refractivity contribution in [3.63, 3.8) is 0 Å². The van der Waals surface area contributed by atoms with E-state index in [1.54, 1.807) is 7.05 Å². The second kappa shape index (κ2) is 6.85. The first kappa shape index (κ1) is 15.4. The molecule has 0 spiro atoms. The van der Waals surface area contributed by atoms with Gasteiger partial charge in [-0.2, -0.15) is 0 Å². The van der Waals surface area contributed by atoms with Gasteiger partial charge in [0.1, 0.15) is 0 Å². The summed E-state index contributed by atoms with van der Waals surface area (Å²) in [4.78, 5) is 10.3. The molecule has 5 nitrogen and oxygen atoms in total. The standard InChI is InChI=1S/C10H21NO4S/c1-4-9(2)8-11(3)16(14,15)7-5-6-10(12)13/h9H,4-8H2,1-3H3,(H,12,13). The van der Waals surface area contributed by atoms with Crippen molar-refractivity contribution in [2.75, 3.05) is 19.3 Å². The number of sulfonamides is 1. The fraction of sp³-hybridized carbons (Fsp3) is 0.900. The summed E-state index contributed by atoms with van der Waals surface area (Å²) in [5, 5.41) is 8.42. The zero-order valence-electron chi connectivity index (χ0n) is 10.1. The van der Waals surface area contributed by atoms with Gasteiger partial charge in [0, 0.05) is 20.0 Å². The quantitative estimate of drug-likeness (QED) is 0.702. The molecule has 0 saturated heterocycles. The fourth-order valence-corrected chi connectivity index (χ4v) is 2.55. The highest BCUT2D eigenvalue weighted by Gasteiger charge is 2.19. The summed E-state index contributed by atoms with van der Waals surface area (Å²) in [6.07, 6.45) is 0.994. The van der Waals surface area contributed by atoms with Crippen LogP contribution in [-0.2, 0) is 14.8 Å². The molecule has 1 N–H and O–H groups in total. The first-order valence-corrected chi connectivity index (χ1v) is 7.06. The van der Waals surface area contributed by atoms with Gasteiger partial charge < -0.3 is 5.11 Å². The maximum atomic E-state index is 11.7. The summed E-state index contributed by atoms with van der Waals surface area (Å²) in [5.41, 5.74) is 0. The number of carbonyl (C=O) groups is 1. The smallest absolute Gasteiger partial charge is 0.303 e. The molecule has 0 aromatic heterocycles. The third-order valence-electron chi connectivity index (χ3n) is 2.53. The summed E-state index contributed by atoms with van der Waals surface area (Å²) in [7, 11) is -1.75. The van der Waals surface area contributed by atoms with Crippen LogP contribution in [0.1, 0.15) is 33.1 Å². The van der Waals surface area contributed by atoms with Crippen molar-refractivity contribution in [3.05, 3.63) is 0 Å². The van der Waals surface area contributed by atoms with E-state index in [-0.39, 0.29) is 18.6 Å². The van der Waals surface area contributed by atoms with Crippen molar-refractivity contribution in [1.82, 2.24) is 4.31 Å². The maximum Gasteiger partial charge on any atom is 0.303 e. The Hall–Kier alpha value is -0.620. The van der Waals surface area contributed by atoms with Crippen molar-refractivity contribution in [1.29, 1.82) is 0 Å². The molecule has 0 fully saturated rings. The van der Waals surface area contributed by atoms with Crippen LogP contribution in [0.3, 0.4) is 0 Å². The molecule has 0 radical (unpaired) electrons. The molecule has 0 aromatic carbocycles. The largest absolute Gasteiger partial charge is 0.481 e. The number of carboxylic acid groups (broad SMARTS) is 1. The van der Waals surface area contributed by atoms with E-state index in [9.17, 15) is 13.2 Å². The lowest BCUT2D eigenvalue weighted by atomic mass is 10.1. The van der Waals surface area contributed by atoms with E-state index in [1.807, 2.05) is 13.8 Å². The molecule has 0 saturated carbocycles. The zero-order valence-corrected chi connectivity index (χ0v) is 11.0. The van der Waals surface area contributed by atoms with Crippen LogP contribution in [0.4, 0.5) is 0 Å². The molecule has 0 rings (SSSR count). The van der Waals surface area contributed by atoms with Crippen LogP contribution in [0, 0.1) is 5.92 Å². The van der Waals surface area contributed by atoms with Crippen LogP contribution < -0.4 is 0 Å². The topological polar surface area (TPSA) is 74.7 Å². The van der Waals surface area contributed by atoms with Crippen LogP contribution in [-0.4, -0.2) is 43.1 Å². The Morgan fingerprint density at radius 1 is 1.44 bits per heavy atom. The van der Waals surface area contributed by atoms with Crippen molar-refractivity contribution < 1.29 is 18.3 Å². The van der Waals surface area contributed by atoms with E-state index < -0.39 is 16.0 Å². The Balaban J connectivity index is 4.16. The molecule has 0 aliphatic carbocycles. The first-order chi connectivity index (χ1) is 7.29. The van der Waals surface area contributed by atoms with Gasteiger partial charge in [0.15, 0.2) is 0 Å². The maximum absolute atomic E-state index is 11.7. The van der Waals surface area contributed by atoms with Gasteiger partial charge in [-0.25, -0.2) is 12.7 Å². The highest BCUT2D eigenvalue weighted by Crippen LogP contribution is 2.08. The third-order valence-corrected chi connectivity index (χ3v) is 4.44. The summed E-state index contributed by atoms with van der Waals surface area (Å²) in [6, 6.07) is 0. The minimum absolute atomic E-state index is 0.0910. The van der Waals surface area contributed by atoms with E-state index in [0.717, 1.165) is 6.42 Å². The highest BCUT2D eigenvalue weighted by molar-refractivity contribution is 7.89. The number of nitrogens with zero attached hydrogens (tertiary/aromatic N) is 1. The molecular weight excluding hydrogens is 230 g/mol. The second-order valence-corrected chi connectivity index (χ2v) is 6.30. The van der Waals surface area contributed by atoms with Crippen LogP contribution in [0.2, 0.25) is 0 Å². The minimum Gasteiger partial charge on any atom is -0.481 e. The van der Waals surface area contributed by atoms with Crippen molar-refractivity contribution in [3.8, 4) is 0 Å². The van der Waals surface area contributed by atoms with E-state index >= 15 is 0 Å². The zero-order chi connectivity index (χ0) is 12.8. The Labute approximate surface area is 97.5 Å². The summed E-state index contributed by atoms with van der Waals surface area (Å²) in [5.74, 6) is -0.731. The molecule has 16 heavy (non-hydrogen) atoms. The van der Waals surface area contributed by atoms with E-state index in [2.05, 4.69) is 0 Å². The molecule has 6 heteroatoms. The number of hydrogen-bond donors (Lipinski definition) is 1. The summed E-state index contributed by atoms with van der Waals surface area (Å²) >= 11 is 0. The molecule has 0 heterocycles. The van der Waals surface area contributed by atoms with Gasteiger partial charge in [-0.3, -0.25) is 4.79 Å². The van der Waals surface area contributed by atoms with Gasteiger partial charge in [0.2, 0.25) is 10.0 Å². The normalized spacial score (nSPS) is 14.0. The van der Waals surface area contributed by atoms with Gasteiger partial charge in [-0.05, 0) is 12.3 Å². The number of rotatable bonds is 8. The van der Waals surface area contributed by atoms with Gasteiger partial charge in [0.05, 0.1) is 5.75 Å². The predicted molar refractivity (Wildman–Crippen MR) is 62.7 cm³/mol. The lowest BCUT2D eigenvalue weighted by molar-refractivity contribution is -0.137. The van der Waals surface area contributed by atoms with Gasteiger partial charge in [-0.15, -0.1) is 0 Å². The molecule has 0 amide bonds.